The summed E-state index contributed by atoms with van der Waals surface area (Å²) in [7, 11) is 3.23. The van der Waals surface area contributed by atoms with E-state index in [1.807, 2.05) is 84.9 Å². The number of benzene rings is 3. The number of amides is 1. The van der Waals surface area contributed by atoms with Crippen molar-refractivity contribution in [1.29, 1.82) is 0 Å². The average molecular weight is 428 g/mol. The van der Waals surface area contributed by atoms with E-state index in [0.29, 0.717) is 5.75 Å². The van der Waals surface area contributed by atoms with E-state index in [0.717, 1.165) is 22.6 Å². The van der Waals surface area contributed by atoms with E-state index in [9.17, 15) is 4.79 Å². The Bertz CT molecular complexity index is 1110. The Morgan fingerprint density at radius 2 is 1.53 bits per heavy atom. The summed E-state index contributed by atoms with van der Waals surface area (Å²) in [5.41, 5.74) is 5.48. The Kier molecular flexibility index (Phi) is 6.41. The number of carbonyl (C=O) groups excluding carboxylic acids is 1. The van der Waals surface area contributed by atoms with E-state index in [2.05, 4.69) is 12.3 Å². The molecule has 0 aromatic heterocycles. The molecule has 4 rings (SSSR count). The Balaban J connectivity index is 1.73. The summed E-state index contributed by atoms with van der Waals surface area (Å²) in [5.74, 6) is 1.21. The number of hydrogen-bond acceptors (Lipinski definition) is 4. The number of nitrogens with zero attached hydrogens (tertiary/aromatic N) is 1. The van der Waals surface area contributed by atoms with Gasteiger partial charge in [-0.25, -0.2) is 0 Å². The number of methoxy groups -OCH3 is 2. The molecule has 32 heavy (non-hydrogen) atoms. The van der Waals surface area contributed by atoms with Crippen molar-refractivity contribution in [2.24, 2.45) is 0 Å². The minimum Gasteiger partial charge on any atom is -0.497 e. The molecule has 0 bridgehead atoms. The molecule has 0 N–H and O–H groups in total. The summed E-state index contributed by atoms with van der Waals surface area (Å²) in [6.07, 6.45) is -1.21. The van der Waals surface area contributed by atoms with Crippen molar-refractivity contribution in [1.82, 2.24) is 0 Å². The van der Waals surface area contributed by atoms with E-state index >= 15 is 0 Å². The first-order chi connectivity index (χ1) is 15.7. The zero-order valence-electron chi connectivity index (χ0n) is 18.1. The van der Waals surface area contributed by atoms with Gasteiger partial charge >= 0.3 is 0 Å². The maximum atomic E-state index is 13.3. The van der Waals surface area contributed by atoms with Gasteiger partial charge in [0.1, 0.15) is 23.6 Å². The van der Waals surface area contributed by atoms with Crippen molar-refractivity contribution < 1.29 is 19.0 Å². The molecule has 1 saturated heterocycles. The van der Waals surface area contributed by atoms with Crippen LogP contribution in [0.4, 0.5) is 5.69 Å². The monoisotopic (exact) mass is 427 g/mol. The Labute approximate surface area is 188 Å². The van der Waals surface area contributed by atoms with Crippen LogP contribution in [0.15, 0.2) is 97.2 Å². The van der Waals surface area contributed by atoms with Crippen LogP contribution in [0.5, 0.6) is 11.5 Å². The van der Waals surface area contributed by atoms with Gasteiger partial charge < -0.3 is 14.2 Å². The highest BCUT2D eigenvalue weighted by Crippen LogP contribution is 2.38. The number of carbonyl (C=O) groups is 1. The minimum absolute atomic E-state index is 0.137. The van der Waals surface area contributed by atoms with Crippen molar-refractivity contribution in [3.63, 3.8) is 0 Å². The molecule has 0 aliphatic carbocycles. The maximum absolute atomic E-state index is 13.3. The van der Waals surface area contributed by atoms with Gasteiger partial charge in [0.2, 0.25) is 6.10 Å². The van der Waals surface area contributed by atoms with Crippen LogP contribution in [-0.4, -0.2) is 38.4 Å². The van der Waals surface area contributed by atoms with Crippen molar-refractivity contribution in [2.45, 2.75) is 18.2 Å². The number of β-lactam (4-membered cyclic amide) rings is 1. The first kappa shape index (κ1) is 21.4. The smallest absolute Gasteiger partial charge is 0.270 e. The standard InChI is InChI=1S/C27H25NO4/c1-4-23(19-11-7-5-8-12-19)25(31-3)24-26(32-22-13-9-6-10-14-22)27(29)28(24)20-15-17-21(30-2)18-16-20/h5-18,24-26H,1H2,2-3H3/t24-,25+,26+/m0/s1. The highest BCUT2D eigenvalue weighted by Gasteiger charge is 2.55. The second-order valence-corrected chi connectivity index (χ2v) is 7.36. The van der Waals surface area contributed by atoms with Crippen LogP contribution >= 0.6 is 0 Å². The lowest BCUT2D eigenvalue weighted by molar-refractivity contribution is -0.138. The number of ether oxygens (including phenoxy) is 3. The summed E-state index contributed by atoms with van der Waals surface area (Å²) in [4.78, 5) is 15.0. The molecule has 5 nitrogen and oxygen atoms in total. The molecule has 3 aromatic carbocycles. The Morgan fingerprint density at radius 1 is 0.906 bits per heavy atom. The van der Waals surface area contributed by atoms with Gasteiger partial charge in [-0.3, -0.25) is 9.69 Å². The Morgan fingerprint density at radius 3 is 2.09 bits per heavy atom. The lowest BCUT2D eigenvalue weighted by atomic mass is 9.85. The van der Waals surface area contributed by atoms with Gasteiger partial charge in [-0.05, 0) is 42.0 Å². The largest absolute Gasteiger partial charge is 0.497 e. The van der Waals surface area contributed by atoms with Gasteiger partial charge in [0.15, 0.2) is 0 Å². The quantitative estimate of drug-likeness (QED) is 0.385. The summed E-state index contributed by atoms with van der Waals surface area (Å²) < 4.78 is 17.3. The van der Waals surface area contributed by atoms with E-state index in [-0.39, 0.29) is 5.91 Å². The number of anilines is 1. The molecule has 162 valence electrons. The van der Waals surface area contributed by atoms with Gasteiger partial charge in [0, 0.05) is 18.4 Å². The van der Waals surface area contributed by atoms with Gasteiger partial charge in [0.05, 0.1) is 7.11 Å². The van der Waals surface area contributed by atoms with Crippen molar-refractivity contribution >= 4 is 17.2 Å². The predicted molar refractivity (Wildman–Crippen MR) is 125 cm³/mol. The van der Waals surface area contributed by atoms with Crippen LogP contribution in [-0.2, 0) is 9.53 Å². The summed E-state index contributed by atoms with van der Waals surface area (Å²) >= 11 is 0. The molecule has 1 fully saturated rings. The molecule has 0 spiro atoms. The third-order valence-corrected chi connectivity index (χ3v) is 5.57. The van der Waals surface area contributed by atoms with Gasteiger partial charge in [-0.1, -0.05) is 55.1 Å². The third kappa shape index (κ3) is 4.04. The molecule has 5 heteroatoms. The van der Waals surface area contributed by atoms with Crippen LogP contribution in [0.1, 0.15) is 5.56 Å². The molecule has 1 amide bonds. The van der Waals surface area contributed by atoms with Crippen LogP contribution in [0.25, 0.3) is 5.57 Å². The maximum Gasteiger partial charge on any atom is 0.270 e. The molecule has 0 saturated carbocycles. The van der Waals surface area contributed by atoms with Crippen LogP contribution < -0.4 is 14.4 Å². The highest BCUT2D eigenvalue weighted by atomic mass is 16.5. The molecular formula is C27H25NO4. The topological polar surface area (TPSA) is 48.0 Å². The summed E-state index contributed by atoms with van der Waals surface area (Å²) in [5, 5.41) is 0. The van der Waals surface area contributed by atoms with Gasteiger partial charge in [-0.2, -0.15) is 0 Å². The fourth-order valence-corrected chi connectivity index (χ4v) is 4.00. The number of rotatable bonds is 8. The fourth-order valence-electron chi connectivity index (χ4n) is 4.00. The highest BCUT2D eigenvalue weighted by molar-refractivity contribution is 6.06. The lowest BCUT2D eigenvalue weighted by Gasteiger charge is -2.49. The van der Waals surface area contributed by atoms with E-state index in [1.165, 1.54) is 0 Å². The molecule has 1 heterocycles. The first-order valence-electron chi connectivity index (χ1n) is 10.3. The van der Waals surface area contributed by atoms with Crippen LogP contribution in [0.2, 0.25) is 0 Å². The Hall–Kier alpha value is -3.79. The minimum atomic E-state index is -0.712. The molecular weight excluding hydrogens is 402 g/mol. The zero-order valence-corrected chi connectivity index (χ0v) is 18.1. The second kappa shape index (κ2) is 9.56. The van der Waals surface area contributed by atoms with Crippen molar-refractivity contribution in [3.05, 3.63) is 103 Å². The third-order valence-electron chi connectivity index (χ3n) is 5.57. The van der Waals surface area contributed by atoms with Crippen LogP contribution in [0.3, 0.4) is 0 Å². The van der Waals surface area contributed by atoms with Crippen molar-refractivity contribution in [2.75, 3.05) is 19.1 Å². The lowest BCUT2D eigenvalue weighted by Crippen LogP contribution is -2.71. The molecule has 1 aliphatic rings. The fraction of sp³-hybridized carbons (Fsp3) is 0.185. The van der Waals surface area contributed by atoms with Gasteiger partial charge in [-0.15, -0.1) is 5.73 Å². The first-order valence-corrected chi connectivity index (χ1v) is 10.3. The summed E-state index contributed by atoms with van der Waals surface area (Å²) in [6.45, 7) is 3.89. The van der Waals surface area contributed by atoms with E-state index in [1.54, 1.807) is 19.1 Å². The predicted octanol–water partition coefficient (Wildman–Crippen LogP) is 4.74. The van der Waals surface area contributed by atoms with E-state index < -0.39 is 18.2 Å². The van der Waals surface area contributed by atoms with Gasteiger partial charge in [0.25, 0.3) is 5.91 Å². The summed E-state index contributed by atoms with van der Waals surface area (Å²) in [6, 6.07) is 26.1. The number of hydrogen-bond donors (Lipinski definition) is 0. The number of para-hydroxylation sites is 1. The molecule has 1 aliphatic heterocycles. The average Bonchev–Trinajstić information content (AvgIpc) is 2.86. The zero-order chi connectivity index (χ0) is 22.5. The van der Waals surface area contributed by atoms with E-state index in [4.69, 9.17) is 14.2 Å². The molecule has 3 aromatic rings. The van der Waals surface area contributed by atoms with Crippen LogP contribution in [0, 0.1) is 0 Å². The van der Waals surface area contributed by atoms with Crippen molar-refractivity contribution in [3.8, 4) is 11.5 Å². The molecule has 3 atom stereocenters. The normalized spacial score (nSPS) is 18.3. The molecule has 0 unspecified atom stereocenters. The SMILES string of the molecule is C=C=C(c1ccccc1)[C@@H](OC)[C@H]1[C@@H](Oc2ccccc2)C(=O)N1c1ccc(OC)cc1. The second-order valence-electron chi connectivity index (χ2n) is 7.36. The molecule has 0 radical (unpaired) electrons.